The largest absolute Gasteiger partial charge is 0.480 e. The molecule has 1 saturated heterocycles. The van der Waals surface area contributed by atoms with Crippen molar-refractivity contribution in [3.63, 3.8) is 0 Å². The monoisotopic (exact) mass is 682 g/mol. The maximum atomic E-state index is 10.4. The zero-order chi connectivity index (χ0) is 34.3. The smallest absolute Gasteiger partial charge is 0.329 e. The van der Waals surface area contributed by atoms with E-state index in [9.17, 15) is 9.90 Å². The number of aliphatic carboxylic acids is 1. The molecule has 270 valence electrons. The van der Waals surface area contributed by atoms with Crippen LogP contribution in [0.15, 0.2) is 36.7 Å². The van der Waals surface area contributed by atoms with Crippen LogP contribution in [-0.2, 0) is 30.3 Å². The van der Waals surface area contributed by atoms with Gasteiger partial charge < -0.3 is 39.0 Å². The summed E-state index contributed by atoms with van der Waals surface area (Å²) in [4.78, 5) is 24.9. The average molecular weight is 683 g/mol. The van der Waals surface area contributed by atoms with Crippen LogP contribution in [0, 0.1) is 0 Å². The second-order valence-electron chi connectivity index (χ2n) is 12.9. The van der Waals surface area contributed by atoms with Gasteiger partial charge in [0.25, 0.3) is 0 Å². The molecule has 0 radical (unpaired) electrons. The number of fused-ring (bicyclic) bond motifs is 1. The molecule has 0 unspecified atom stereocenters. The summed E-state index contributed by atoms with van der Waals surface area (Å²) < 4.78 is 23.8. The van der Waals surface area contributed by atoms with Crippen LogP contribution in [-0.4, -0.2) is 139 Å². The molecule has 13 nitrogen and oxygen atoms in total. The molecule has 0 atom stereocenters. The standard InChI is InChI=1S/C36H54N6O7/c1-2-11-37-36-38-24-32-33(26-42(35(32)39-36)30-7-9-31(43)10-8-30)29-5-3-28(4-6-29)25-41-14-12-40(13-15-41)16-17-46-18-19-47-20-21-48-22-23-49-27-34(44)45/h3-6,24,26,30-31,43H,2,7-23,25,27H2,1H3,(H,44,45)(H,37,38,39). The minimum absolute atomic E-state index is 0.194. The molecule has 3 N–H and O–H groups in total. The molecule has 49 heavy (non-hydrogen) atoms. The van der Waals surface area contributed by atoms with Crippen LogP contribution in [0.1, 0.15) is 50.6 Å². The summed E-state index contributed by atoms with van der Waals surface area (Å²) in [5, 5.41) is 23.0. The van der Waals surface area contributed by atoms with Gasteiger partial charge in [0.2, 0.25) is 5.95 Å². The van der Waals surface area contributed by atoms with Gasteiger partial charge in [-0.05, 0) is 43.2 Å². The molecule has 1 aliphatic carbocycles. The first kappa shape index (κ1) is 37.1. The van der Waals surface area contributed by atoms with E-state index in [0.717, 1.165) is 94.5 Å². The van der Waals surface area contributed by atoms with Crippen LogP contribution in [0.4, 0.5) is 5.95 Å². The van der Waals surface area contributed by atoms with Gasteiger partial charge in [-0.2, -0.15) is 4.98 Å². The minimum atomic E-state index is -0.982. The van der Waals surface area contributed by atoms with E-state index in [2.05, 4.69) is 62.1 Å². The Bertz CT molecular complexity index is 1400. The highest BCUT2D eigenvalue weighted by atomic mass is 16.6. The van der Waals surface area contributed by atoms with Gasteiger partial charge in [-0.25, -0.2) is 9.78 Å². The second-order valence-corrected chi connectivity index (χ2v) is 12.9. The summed E-state index contributed by atoms with van der Waals surface area (Å²) in [6, 6.07) is 9.28. The number of nitrogens with zero attached hydrogens (tertiary/aromatic N) is 5. The predicted octanol–water partition coefficient (Wildman–Crippen LogP) is 3.66. The SMILES string of the molecule is CCCNc1ncc2c(-c3ccc(CN4CCN(CCOCCOCCOCCOCC(=O)O)CC4)cc3)cn(C3CCC(O)CC3)c2n1. The predicted molar refractivity (Wildman–Crippen MR) is 188 cm³/mol. The number of aromatic nitrogens is 3. The summed E-state index contributed by atoms with van der Waals surface area (Å²) in [6.07, 6.45) is 8.59. The van der Waals surface area contributed by atoms with Crippen LogP contribution < -0.4 is 5.32 Å². The van der Waals surface area contributed by atoms with Crippen molar-refractivity contribution in [2.75, 3.05) is 97.4 Å². The van der Waals surface area contributed by atoms with Gasteiger partial charge in [-0.15, -0.1) is 0 Å². The van der Waals surface area contributed by atoms with E-state index < -0.39 is 5.97 Å². The lowest BCUT2D eigenvalue weighted by Crippen LogP contribution is -2.46. The molecule has 2 aliphatic rings. The molecule has 1 aliphatic heterocycles. The lowest BCUT2D eigenvalue weighted by molar-refractivity contribution is -0.142. The van der Waals surface area contributed by atoms with Gasteiger partial charge >= 0.3 is 5.97 Å². The molecule has 13 heteroatoms. The third-order valence-electron chi connectivity index (χ3n) is 9.19. The fraction of sp³-hybridized carbons (Fsp3) is 0.639. The number of ether oxygens (including phenoxy) is 4. The number of rotatable bonds is 21. The highest BCUT2D eigenvalue weighted by Gasteiger charge is 2.24. The maximum Gasteiger partial charge on any atom is 0.329 e. The van der Waals surface area contributed by atoms with Crippen molar-refractivity contribution >= 4 is 23.0 Å². The number of nitrogens with one attached hydrogen (secondary N) is 1. The molecule has 5 rings (SSSR count). The van der Waals surface area contributed by atoms with Crippen molar-refractivity contribution in [2.45, 2.75) is 57.7 Å². The lowest BCUT2D eigenvalue weighted by atomic mass is 9.93. The molecule has 2 aromatic heterocycles. The van der Waals surface area contributed by atoms with Crippen LogP contribution >= 0.6 is 0 Å². The number of carbonyl (C=O) groups is 1. The fourth-order valence-corrected chi connectivity index (χ4v) is 6.43. The van der Waals surface area contributed by atoms with E-state index >= 15 is 0 Å². The summed E-state index contributed by atoms with van der Waals surface area (Å²) in [5.41, 5.74) is 4.60. The Kier molecular flexibility index (Phi) is 15.0. The zero-order valence-electron chi connectivity index (χ0n) is 28.9. The molecule has 0 amide bonds. The summed E-state index contributed by atoms with van der Waals surface area (Å²) in [5.74, 6) is -0.312. The molecule has 3 heterocycles. The number of hydrogen-bond acceptors (Lipinski definition) is 11. The first-order chi connectivity index (χ1) is 24.0. The number of benzene rings is 1. The quantitative estimate of drug-likeness (QED) is 0.141. The second kappa shape index (κ2) is 19.9. The Morgan fingerprint density at radius 1 is 0.878 bits per heavy atom. The van der Waals surface area contributed by atoms with Crippen LogP contribution in [0.3, 0.4) is 0 Å². The Morgan fingerprint density at radius 2 is 1.51 bits per heavy atom. The average Bonchev–Trinajstić information content (AvgIpc) is 3.49. The van der Waals surface area contributed by atoms with Crippen molar-refractivity contribution in [1.29, 1.82) is 0 Å². The molecule has 1 aromatic carbocycles. The molecular weight excluding hydrogens is 628 g/mol. The Labute approximate surface area is 289 Å². The topological polar surface area (TPSA) is 144 Å². The lowest BCUT2D eigenvalue weighted by Gasteiger charge is -2.34. The van der Waals surface area contributed by atoms with Gasteiger partial charge in [0.05, 0.1) is 52.4 Å². The van der Waals surface area contributed by atoms with E-state index in [4.69, 9.17) is 29.0 Å². The number of anilines is 1. The van der Waals surface area contributed by atoms with Crippen LogP contribution in [0.2, 0.25) is 0 Å². The number of carboxylic acids is 1. The van der Waals surface area contributed by atoms with Crippen molar-refractivity contribution in [2.24, 2.45) is 0 Å². The zero-order valence-corrected chi connectivity index (χ0v) is 28.9. The third kappa shape index (κ3) is 11.7. The summed E-state index contributed by atoms with van der Waals surface area (Å²) in [7, 11) is 0. The summed E-state index contributed by atoms with van der Waals surface area (Å²) >= 11 is 0. The number of aliphatic hydroxyl groups is 1. The number of piperazine rings is 1. The highest BCUT2D eigenvalue weighted by Crippen LogP contribution is 2.36. The van der Waals surface area contributed by atoms with Gasteiger partial charge in [-0.1, -0.05) is 31.2 Å². The van der Waals surface area contributed by atoms with Gasteiger partial charge in [0, 0.05) is 75.2 Å². The van der Waals surface area contributed by atoms with E-state index in [1.54, 1.807) is 0 Å². The van der Waals surface area contributed by atoms with Gasteiger partial charge in [-0.3, -0.25) is 9.80 Å². The molecule has 3 aromatic rings. The number of hydrogen-bond donors (Lipinski definition) is 3. The summed E-state index contributed by atoms with van der Waals surface area (Å²) in [6.45, 7) is 11.9. The number of carboxylic acid groups (broad SMARTS) is 1. The maximum absolute atomic E-state index is 10.4. The van der Waals surface area contributed by atoms with E-state index in [-0.39, 0.29) is 19.3 Å². The van der Waals surface area contributed by atoms with Crippen molar-refractivity contribution in [3.05, 3.63) is 42.2 Å². The normalized spacial score (nSPS) is 19.1. The van der Waals surface area contributed by atoms with E-state index in [1.165, 1.54) is 11.1 Å². The highest BCUT2D eigenvalue weighted by molar-refractivity contribution is 5.94. The first-order valence-electron chi connectivity index (χ1n) is 17.9. The molecule has 2 fully saturated rings. The molecule has 0 bridgehead atoms. The first-order valence-corrected chi connectivity index (χ1v) is 17.9. The van der Waals surface area contributed by atoms with Gasteiger partial charge in [0.15, 0.2) is 0 Å². The van der Waals surface area contributed by atoms with E-state index in [0.29, 0.717) is 51.6 Å². The Morgan fingerprint density at radius 3 is 2.16 bits per heavy atom. The number of aliphatic hydroxyl groups excluding tert-OH is 1. The minimum Gasteiger partial charge on any atom is -0.480 e. The molecular formula is C36H54N6O7. The van der Waals surface area contributed by atoms with Crippen molar-refractivity contribution < 1.29 is 34.0 Å². The van der Waals surface area contributed by atoms with Gasteiger partial charge in [0.1, 0.15) is 12.3 Å². The Balaban J connectivity index is 1.02. The van der Waals surface area contributed by atoms with Crippen LogP contribution in [0.25, 0.3) is 22.2 Å². The van der Waals surface area contributed by atoms with Crippen molar-refractivity contribution in [3.8, 4) is 11.1 Å². The third-order valence-corrected chi connectivity index (χ3v) is 9.19. The Hall–Kier alpha value is -3.17. The van der Waals surface area contributed by atoms with Crippen molar-refractivity contribution in [1.82, 2.24) is 24.3 Å². The molecule has 0 spiro atoms. The molecule has 1 saturated carbocycles. The fourth-order valence-electron chi connectivity index (χ4n) is 6.43. The van der Waals surface area contributed by atoms with E-state index in [1.807, 2.05) is 6.20 Å². The van der Waals surface area contributed by atoms with Crippen LogP contribution in [0.5, 0.6) is 0 Å².